The first-order chi connectivity index (χ1) is 20.4. The lowest BCUT2D eigenvalue weighted by Crippen LogP contribution is -2.50. The molecule has 3 aliphatic rings. The van der Waals surface area contributed by atoms with Crippen molar-refractivity contribution in [3.8, 4) is 0 Å². The molecule has 2 N–H and O–H groups in total. The molecule has 3 heterocycles. The number of piperazine rings is 1. The zero-order valence-electron chi connectivity index (χ0n) is 24.3. The Morgan fingerprint density at radius 2 is 1.91 bits per heavy atom. The Bertz CT molecular complexity index is 1510. The van der Waals surface area contributed by atoms with Gasteiger partial charge in [0.15, 0.2) is 5.82 Å². The van der Waals surface area contributed by atoms with Crippen molar-refractivity contribution in [1.29, 1.82) is 0 Å². The molecule has 1 aromatic carbocycles. The van der Waals surface area contributed by atoms with Gasteiger partial charge >= 0.3 is 6.09 Å². The minimum absolute atomic E-state index is 0.0193. The van der Waals surface area contributed by atoms with Crippen LogP contribution in [-0.4, -0.2) is 78.2 Å². The zero-order valence-corrected chi connectivity index (χ0v) is 24.3. The summed E-state index contributed by atoms with van der Waals surface area (Å²) in [5.41, 5.74) is -3.30. The maximum absolute atomic E-state index is 16.5. The topological polar surface area (TPSA) is 98.0 Å². The molecular formula is C30H35F4N5O4. The lowest BCUT2D eigenvalue weighted by atomic mass is 9.82. The normalized spacial score (nSPS) is 20.5. The van der Waals surface area contributed by atoms with E-state index in [1.54, 1.807) is 11.0 Å². The number of H-pyrrole nitrogens is 1. The molecule has 1 aliphatic carbocycles. The van der Waals surface area contributed by atoms with Gasteiger partial charge in [-0.05, 0) is 52.2 Å². The zero-order chi connectivity index (χ0) is 31.1. The van der Waals surface area contributed by atoms with E-state index < -0.39 is 57.9 Å². The molecule has 9 nitrogen and oxygen atoms in total. The third-order valence-electron chi connectivity index (χ3n) is 8.65. The van der Waals surface area contributed by atoms with Crippen LogP contribution in [-0.2, 0) is 4.74 Å². The molecule has 43 heavy (non-hydrogen) atoms. The molecular weight excluding hydrogens is 570 g/mol. The SMILES string of the molecule is CC1CN(c2cc(F)c(C3=CCCN(C(=O)OC4(C)CCC4)C3)c(F)c2NC(=O)c2c[nH]c(=O)cc2C(F)F)CCN1C. The van der Waals surface area contributed by atoms with Gasteiger partial charge in [-0.25, -0.2) is 22.4 Å². The Balaban J connectivity index is 1.52. The average molecular weight is 606 g/mol. The molecule has 1 unspecified atom stereocenters. The molecule has 2 fully saturated rings. The van der Waals surface area contributed by atoms with Crippen LogP contribution >= 0.6 is 0 Å². The first-order valence-corrected chi connectivity index (χ1v) is 14.3. The molecule has 5 rings (SSSR count). The fraction of sp³-hybridized carbons (Fsp3) is 0.500. The Labute approximate surface area is 246 Å². The van der Waals surface area contributed by atoms with Gasteiger partial charge in [0, 0.05) is 62.7 Å². The predicted octanol–water partition coefficient (Wildman–Crippen LogP) is 5.15. The summed E-state index contributed by atoms with van der Waals surface area (Å²) in [6.07, 6.45) is 1.54. The van der Waals surface area contributed by atoms with Crippen LogP contribution in [0.5, 0.6) is 0 Å². The van der Waals surface area contributed by atoms with E-state index in [1.165, 1.54) is 4.90 Å². The van der Waals surface area contributed by atoms with E-state index in [1.807, 2.05) is 20.9 Å². The maximum atomic E-state index is 16.5. The van der Waals surface area contributed by atoms with E-state index in [4.69, 9.17) is 4.74 Å². The van der Waals surface area contributed by atoms with Gasteiger partial charge in [-0.15, -0.1) is 0 Å². The lowest BCUT2D eigenvalue weighted by molar-refractivity contribution is -0.0465. The van der Waals surface area contributed by atoms with Crippen molar-refractivity contribution < 1.29 is 31.9 Å². The van der Waals surface area contributed by atoms with Crippen molar-refractivity contribution in [3.05, 3.63) is 63.1 Å². The van der Waals surface area contributed by atoms with Gasteiger partial charge in [0.1, 0.15) is 17.1 Å². The summed E-state index contributed by atoms with van der Waals surface area (Å²) in [5.74, 6) is -3.07. The van der Waals surface area contributed by atoms with Gasteiger partial charge in [0.05, 0.1) is 16.8 Å². The first kappa shape index (κ1) is 30.6. The summed E-state index contributed by atoms with van der Waals surface area (Å²) in [4.78, 5) is 45.2. The molecule has 0 spiro atoms. The van der Waals surface area contributed by atoms with E-state index in [-0.39, 0.29) is 29.5 Å². The molecule has 232 valence electrons. The van der Waals surface area contributed by atoms with Crippen LogP contribution in [0.25, 0.3) is 5.57 Å². The van der Waals surface area contributed by atoms with Gasteiger partial charge < -0.3 is 29.7 Å². The van der Waals surface area contributed by atoms with Gasteiger partial charge in [0.2, 0.25) is 5.56 Å². The standard InChI is InChI=1S/C30H35F4N5O4/c1-17-15-38(11-10-37(17)3)22-13-21(31)24(18-6-4-9-39(16-18)29(42)43-30(2)7-5-8-30)25(32)26(22)36-28(41)20-14-35-23(40)12-19(20)27(33)34/h6,12-14,17,27H,4-5,7-11,15-16H2,1-3H3,(H,35,40)(H,36,41). The molecule has 2 aromatic rings. The van der Waals surface area contributed by atoms with Crippen LogP contribution in [0, 0.1) is 11.6 Å². The number of likely N-dealkylation sites (N-methyl/N-ethyl adjacent to an activating group) is 1. The van der Waals surface area contributed by atoms with Crippen LogP contribution in [0.4, 0.5) is 33.7 Å². The number of nitrogens with one attached hydrogen (secondary N) is 2. The number of hydrogen-bond acceptors (Lipinski definition) is 6. The maximum Gasteiger partial charge on any atom is 0.410 e. The quantitative estimate of drug-likeness (QED) is 0.442. The second-order valence-electron chi connectivity index (χ2n) is 11.7. The van der Waals surface area contributed by atoms with E-state index in [2.05, 4.69) is 15.2 Å². The highest BCUT2D eigenvalue weighted by molar-refractivity contribution is 6.07. The van der Waals surface area contributed by atoms with Gasteiger partial charge in [-0.1, -0.05) is 6.08 Å². The van der Waals surface area contributed by atoms with Crippen molar-refractivity contribution in [2.24, 2.45) is 0 Å². The summed E-state index contributed by atoms with van der Waals surface area (Å²) in [7, 11) is 1.93. The van der Waals surface area contributed by atoms with Gasteiger partial charge in [0.25, 0.3) is 12.3 Å². The molecule has 1 atom stereocenters. The van der Waals surface area contributed by atoms with Gasteiger partial charge in [-0.3, -0.25) is 9.59 Å². The summed E-state index contributed by atoms with van der Waals surface area (Å²) < 4.78 is 65.4. The predicted molar refractivity (Wildman–Crippen MR) is 154 cm³/mol. The smallest absolute Gasteiger partial charge is 0.410 e. The molecule has 1 saturated heterocycles. The van der Waals surface area contributed by atoms with E-state index >= 15 is 8.78 Å². The molecule has 0 radical (unpaired) electrons. The third-order valence-corrected chi connectivity index (χ3v) is 8.65. The largest absolute Gasteiger partial charge is 0.443 e. The highest BCUT2D eigenvalue weighted by Crippen LogP contribution is 2.39. The van der Waals surface area contributed by atoms with E-state index in [9.17, 15) is 23.2 Å². The Morgan fingerprint density at radius 1 is 1.16 bits per heavy atom. The number of pyridine rings is 1. The van der Waals surface area contributed by atoms with Crippen molar-refractivity contribution in [1.82, 2.24) is 14.8 Å². The number of carbonyl (C=O) groups excluding carboxylic acids is 2. The van der Waals surface area contributed by atoms with Crippen LogP contribution in [0.1, 0.15) is 67.4 Å². The van der Waals surface area contributed by atoms with Gasteiger partial charge in [-0.2, -0.15) is 0 Å². The Kier molecular flexibility index (Phi) is 8.55. The summed E-state index contributed by atoms with van der Waals surface area (Å²) >= 11 is 0. The molecule has 1 aromatic heterocycles. The summed E-state index contributed by atoms with van der Waals surface area (Å²) in [6, 6.07) is 1.76. The number of amides is 2. The number of aromatic amines is 1. The number of halogens is 4. The summed E-state index contributed by atoms with van der Waals surface area (Å²) in [6.45, 7) is 5.36. The molecule has 2 aliphatic heterocycles. The number of hydrogen-bond donors (Lipinski definition) is 2. The lowest BCUT2D eigenvalue weighted by Gasteiger charge is -2.40. The number of ether oxygens (including phenoxy) is 1. The number of alkyl halides is 2. The number of aromatic nitrogens is 1. The highest BCUT2D eigenvalue weighted by Gasteiger charge is 2.38. The molecule has 2 amide bonds. The van der Waals surface area contributed by atoms with Crippen LogP contribution in [0.2, 0.25) is 0 Å². The van der Waals surface area contributed by atoms with Crippen molar-refractivity contribution in [2.45, 2.75) is 57.6 Å². The third kappa shape index (κ3) is 6.27. The van der Waals surface area contributed by atoms with Crippen molar-refractivity contribution in [2.75, 3.05) is 50.0 Å². The number of nitrogens with zero attached hydrogens (tertiary/aromatic N) is 3. The monoisotopic (exact) mass is 605 g/mol. The highest BCUT2D eigenvalue weighted by atomic mass is 19.3. The van der Waals surface area contributed by atoms with Crippen LogP contribution in [0.15, 0.2) is 29.2 Å². The first-order valence-electron chi connectivity index (χ1n) is 14.3. The van der Waals surface area contributed by atoms with E-state index in [0.29, 0.717) is 38.7 Å². The minimum atomic E-state index is -3.14. The number of carbonyl (C=O) groups is 2. The fourth-order valence-corrected chi connectivity index (χ4v) is 5.71. The fourth-order valence-electron chi connectivity index (χ4n) is 5.71. The molecule has 13 heteroatoms. The summed E-state index contributed by atoms with van der Waals surface area (Å²) in [5, 5.41) is 2.40. The van der Waals surface area contributed by atoms with Crippen LogP contribution < -0.4 is 15.8 Å². The van der Waals surface area contributed by atoms with E-state index in [0.717, 1.165) is 31.5 Å². The molecule has 0 bridgehead atoms. The van der Waals surface area contributed by atoms with Crippen molar-refractivity contribution in [3.63, 3.8) is 0 Å². The second kappa shape index (κ2) is 12.0. The molecule has 1 saturated carbocycles. The number of rotatable bonds is 6. The number of benzene rings is 1. The number of anilines is 2. The minimum Gasteiger partial charge on any atom is -0.443 e. The average Bonchev–Trinajstić information content (AvgIpc) is 2.95. The Hall–Kier alpha value is -3.87. The van der Waals surface area contributed by atoms with Crippen molar-refractivity contribution >= 4 is 28.9 Å². The Morgan fingerprint density at radius 3 is 2.56 bits per heavy atom. The van der Waals surface area contributed by atoms with Crippen LogP contribution in [0.3, 0.4) is 0 Å². The second-order valence-corrected chi connectivity index (χ2v) is 11.7.